The summed E-state index contributed by atoms with van der Waals surface area (Å²) in [4.78, 5) is 15.2. The number of hydrogen-bond donors (Lipinski definition) is 4. The summed E-state index contributed by atoms with van der Waals surface area (Å²) >= 11 is 0. The van der Waals surface area contributed by atoms with E-state index in [4.69, 9.17) is 10.8 Å². The third-order valence-electron chi connectivity index (χ3n) is 4.02. The smallest absolute Gasteiger partial charge is 0.339 e. The van der Waals surface area contributed by atoms with Gasteiger partial charge in [-0.05, 0) is 47.0 Å². The van der Waals surface area contributed by atoms with E-state index in [1.807, 2.05) is 30.3 Å². The summed E-state index contributed by atoms with van der Waals surface area (Å²) in [7, 11) is 0. The number of carboxylic acid groups (broad SMARTS) is 1. The molecule has 1 heterocycles. The van der Waals surface area contributed by atoms with Crippen molar-refractivity contribution in [1.29, 1.82) is 0 Å². The number of phenols is 1. The van der Waals surface area contributed by atoms with Crippen molar-refractivity contribution in [3.8, 4) is 16.9 Å². The van der Waals surface area contributed by atoms with Crippen LogP contribution in [0, 0.1) is 0 Å². The van der Waals surface area contributed by atoms with Gasteiger partial charge in [0.1, 0.15) is 11.3 Å². The molecule has 0 bridgehead atoms. The highest BCUT2D eigenvalue weighted by Gasteiger charge is 2.11. The van der Waals surface area contributed by atoms with Crippen molar-refractivity contribution >= 4 is 11.7 Å². The van der Waals surface area contributed by atoms with Crippen LogP contribution in [0.1, 0.15) is 21.5 Å². The zero-order valence-electron chi connectivity index (χ0n) is 14.0. The standard InChI is InChI=1S/C20H19N3O3/c21-9-13-2-1-3-17(7-13)23-11-14-6-16(12-22-10-14)15-4-5-18(20(25)26)19(24)8-15/h1-8,10,12,23-24H,9,11,21H2,(H,25,26). The summed E-state index contributed by atoms with van der Waals surface area (Å²) < 4.78 is 0. The van der Waals surface area contributed by atoms with Crippen LogP contribution in [0.4, 0.5) is 5.69 Å². The van der Waals surface area contributed by atoms with E-state index in [-0.39, 0.29) is 11.3 Å². The van der Waals surface area contributed by atoms with Crippen molar-refractivity contribution < 1.29 is 15.0 Å². The first-order valence-electron chi connectivity index (χ1n) is 8.10. The lowest BCUT2D eigenvalue weighted by molar-refractivity contribution is 0.0694. The summed E-state index contributed by atoms with van der Waals surface area (Å²) in [5, 5.41) is 22.2. The zero-order valence-corrected chi connectivity index (χ0v) is 14.0. The van der Waals surface area contributed by atoms with Crippen molar-refractivity contribution in [2.45, 2.75) is 13.1 Å². The number of hydrogen-bond acceptors (Lipinski definition) is 5. The fourth-order valence-corrected chi connectivity index (χ4v) is 2.65. The average molecular weight is 349 g/mol. The van der Waals surface area contributed by atoms with Gasteiger partial charge < -0.3 is 21.3 Å². The third-order valence-corrected chi connectivity index (χ3v) is 4.02. The van der Waals surface area contributed by atoms with Gasteiger partial charge >= 0.3 is 5.97 Å². The van der Waals surface area contributed by atoms with Gasteiger partial charge in [-0.3, -0.25) is 4.98 Å². The van der Waals surface area contributed by atoms with E-state index in [1.165, 1.54) is 12.1 Å². The summed E-state index contributed by atoms with van der Waals surface area (Å²) in [5.74, 6) is -1.43. The maximum absolute atomic E-state index is 11.0. The van der Waals surface area contributed by atoms with Crippen LogP contribution in [0.15, 0.2) is 60.9 Å². The van der Waals surface area contributed by atoms with Crippen molar-refractivity contribution in [2.75, 3.05) is 5.32 Å². The number of aromatic nitrogens is 1. The summed E-state index contributed by atoms with van der Waals surface area (Å²) in [6.07, 6.45) is 3.43. The SMILES string of the molecule is NCc1cccc(NCc2cncc(-c3ccc(C(=O)O)c(O)c3)c2)c1. The largest absolute Gasteiger partial charge is 0.507 e. The number of rotatable bonds is 6. The number of pyridine rings is 1. The average Bonchev–Trinajstić information content (AvgIpc) is 2.66. The Labute approximate surface area is 150 Å². The highest BCUT2D eigenvalue weighted by atomic mass is 16.4. The maximum Gasteiger partial charge on any atom is 0.339 e. The van der Waals surface area contributed by atoms with Crippen LogP contribution in [-0.4, -0.2) is 21.2 Å². The van der Waals surface area contributed by atoms with Gasteiger partial charge in [-0.25, -0.2) is 4.79 Å². The van der Waals surface area contributed by atoms with E-state index < -0.39 is 5.97 Å². The predicted octanol–water partition coefficient (Wildman–Crippen LogP) is 3.22. The number of aromatic carboxylic acids is 1. The second-order valence-corrected chi connectivity index (χ2v) is 5.88. The quantitative estimate of drug-likeness (QED) is 0.544. The maximum atomic E-state index is 11.0. The lowest BCUT2D eigenvalue weighted by Crippen LogP contribution is -2.02. The molecule has 0 spiro atoms. The van der Waals surface area contributed by atoms with Crippen molar-refractivity contribution in [3.05, 3.63) is 77.6 Å². The number of aromatic hydroxyl groups is 1. The van der Waals surface area contributed by atoms with Gasteiger partial charge in [-0.15, -0.1) is 0 Å². The molecule has 0 amide bonds. The number of nitrogens with two attached hydrogens (primary N) is 1. The van der Waals surface area contributed by atoms with E-state index in [0.29, 0.717) is 18.7 Å². The van der Waals surface area contributed by atoms with E-state index >= 15 is 0 Å². The van der Waals surface area contributed by atoms with E-state index in [1.54, 1.807) is 18.5 Å². The van der Waals surface area contributed by atoms with Crippen LogP contribution in [0.5, 0.6) is 5.75 Å². The lowest BCUT2D eigenvalue weighted by Gasteiger charge is -2.10. The Bertz CT molecular complexity index is 941. The molecule has 0 saturated heterocycles. The number of carbonyl (C=O) groups is 1. The van der Waals surface area contributed by atoms with Gasteiger partial charge in [-0.1, -0.05) is 18.2 Å². The van der Waals surface area contributed by atoms with Crippen LogP contribution < -0.4 is 11.1 Å². The van der Waals surface area contributed by atoms with Gasteiger partial charge in [0.05, 0.1) is 0 Å². The minimum absolute atomic E-state index is 0.126. The topological polar surface area (TPSA) is 108 Å². The van der Waals surface area contributed by atoms with Crippen LogP contribution in [-0.2, 0) is 13.1 Å². The summed E-state index contributed by atoms with van der Waals surface area (Å²) in [6, 6.07) is 14.3. The van der Waals surface area contributed by atoms with Gasteiger partial charge in [0, 0.05) is 36.7 Å². The molecular weight excluding hydrogens is 330 g/mol. The van der Waals surface area contributed by atoms with Gasteiger partial charge in [0.2, 0.25) is 0 Å². The third kappa shape index (κ3) is 3.99. The second kappa shape index (κ2) is 7.67. The molecule has 3 rings (SSSR count). The molecule has 6 heteroatoms. The zero-order chi connectivity index (χ0) is 18.5. The Morgan fingerprint density at radius 2 is 1.88 bits per heavy atom. The minimum Gasteiger partial charge on any atom is -0.507 e. The van der Waals surface area contributed by atoms with Gasteiger partial charge in [-0.2, -0.15) is 0 Å². The molecule has 5 N–H and O–H groups in total. The molecule has 0 saturated carbocycles. The van der Waals surface area contributed by atoms with Crippen molar-refractivity contribution in [1.82, 2.24) is 4.98 Å². The number of nitrogens with one attached hydrogen (secondary N) is 1. The van der Waals surface area contributed by atoms with Gasteiger partial charge in [0.25, 0.3) is 0 Å². The number of anilines is 1. The molecule has 6 nitrogen and oxygen atoms in total. The Balaban J connectivity index is 1.78. The van der Waals surface area contributed by atoms with Crippen LogP contribution in [0.25, 0.3) is 11.1 Å². The predicted molar refractivity (Wildman–Crippen MR) is 100.0 cm³/mol. The normalized spacial score (nSPS) is 10.5. The molecule has 132 valence electrons. The Hall–Kier alpha value is -3.38. The molecular formula is C20H19N3O3. The monoisotopic (exact) mass is 349 g/mol. The molecule has 1 aromatic heterocycles. The van der Waals surface area contributed by atoms with Crippen LogP contribution >= 0.6 is 0 Å². The number of benzene rings is 2. The molecule has 0 unspecified atom stereocenters. The van der Waals surface area contributed by atoms with Crippen molar-refractivity contribution in [3.63, 3.8) is 0 Å². The lowest BCUT2D eigenvalue weighted by atomic mass is 10.0. The first-order chi connectivity index (χ1) is 12.6. The number of carboxylic acids is 1. The molecule has 0 aliphatic carbocycles. The minimum atomic E-state index is -1.16. The highest BCUT2D eigenvalue weighted by molar-refractivity contribution is 5.91. The summed E-state index contributed by atoms with van der Waals surface area (Å²) in [6.45, 7) is 1.07. The Morgan fingerprint density at radius 3 is 2.62 bits per heavy atom. The van der Waals surface area contributed by atoms with Gasteiger partial charge in [0.15, 0.2) is 0 Å². The molecule has 26 heavy (non-hydrogen) atoms. The molecule has 0 atom stereocenters. The second-order valence-electron chi connectivity index (χ2n) is 5.88. The highest BCUT2D eigenvalue weighted by Crippen LogP contribution is 2.27. The fourth-order valence-electron chi connectivity index (χ4n) is 2.65. The van der Waals surface area contributed by atoms with Crippen molar-refractivity contribution in [2.24, 2.45) is 5.73 Å². The molecule has 0 radical (unpaired) electrons. The van der Waals surface area contributed by atoms with E-state index in [2.05, 4.69) is 10.3 Å². The van der Waals surface area contributed by atoms with E-state index in [0.717, 1.165) is 22.4 Å². The molecule has 2 aromatic carbocycles. The Kier molecular flexibility index (Phi) is 5.15. The fraction of sp³-hybridized carbons (Fsp3) is 0.100. The van der Waals surface area contributed by atoms with Crippen LogP contribution in [0.3, 0.4) is 0 Å². The molecule has 0 aliphatic rings. The summed E-state index contributed by atoms with van der Waals surface area (Å²) in [5.41, 5.74) is 10.0. The number of nitrogens with zero attached hydrogens (tertiary/aromatic N) is 1. The molecule has 0 fully saturated rings. The Morgan fingerprint density at radius 1 is 1.04 bits per heavy atom. The first-order valence-corrected chi connectivity index (χ1v) is 8.10. The molecule has 3 aromatic rings. The molecule has 0 aliphatic heterocycles. The van der Waals surface area contributed by atoms with E-state index in [9.17, 15) is 9.90 Å². The first kappa shape index (κ1) is 17.4. The van der Waals surface area contributed by atoms with Crippen LogP contribution in [0.2, 0.25) is 0 Å².